The van der Waals surface area contributed by atoms with Gasteiger partial charge in [0.2, 0.25) is 0 Å². The molecule has 0 bridgehead atoms. The standard InChI is InChI=1S/C15H16N3O2/c16-8-11-17-9-6-13(7-10-17)4-5-14-2-1-3-15(12-14)18(19)20/h1-7,9-10,12H,8,11,16H2/q+1/b5-4+. The minimum Gasteiger partial charge on any atom is -0.325 e. The average molecular weight is 270 g/mol. The third-order valence-corrected chi connectivity index (χ3v) is 2.85. The molecule has 0 fully saturated rings. The Morgan fingerprint density at radius 2 is 1.85 bits per heavy atom. The SMILES string of the molecule is NCC[n+]1ccc(/C=C/c2cccc([N+](=O)[O-])c2)cc1. The van der Waals surface area contributed by atoms with Crippen LogP contribution in [-0.4, -0.2) is 11.5 Å². The van der Waals surface area contributed by atoms with Crippen LogP contribution in [0.3, 0.4) is 0 Å². The second-order valence-corrected chi connectivity index (χ2v) is 4.34. The summed E-state index contributed by atoms with van der Waals surface area (Å²) in [6.45, 7) is 1.39. The number of nitro benzene ring substituents is 1. The molecule has 0 atom stereocenters. The molecule has 0 unspecified atom stereocenters. The van der Waals surface area contributed by atoms with Crippen molar-refractivity contribution in [3.63, 3.8) is 0 Å². The van der Waals surface area contributed by atoms with E-state index in [0.717, 1.165) is 17.7 Å². The van der Waals surface area contributed by atoms with Crippen molar-refractivity contribution in [3.05, 3.63) is 70.0 Å². The highest BCUT2D eigenvalue weighted by Crippen LogP contribution is 2.15. The molecule has 5 nitrogen and oxygen atoms in total. The summed E-state index contributed by atoms with van der Waals surface area (Å²) < 4.78 is 2.00. The van der Waals surface area contributed by atoms with Gasteiger partial charge in [-0.05, 0) is 11.1 Å². The van der Waals surface area contributed by atoms with E-state index in [0.29, 0.717) is 6.54 Å². The molecule has 0 aliphatic heterocycles. The van der Waals surface area contributed by atoms with Crippen molar-refractivity contribution in [1.29, 1.82) is 0 Å². The Labute approximate surface area is 117 Å². The Kier molecular flexibility index (Phi) is 4.57. The van der Waals surface area contributed by atoms with Crippen molar-refractivity contribution in [2.24, 2.45) is 5.73 Å². The number of aromatic nitrogens is 1. The maximum absolute atomic E-state index is 10.7. The topological polar surface area (TPSA) is 73.0 Å². The van der Waals surface area contributed by atoms with E-state index in [1.165, 1.54) is 6.07 Å². The molecule has 2 rings (SSSR count). The van der Waals surface area contributed by atoms with Gasteiger partial charge in [-0.3, -0.25) is 10.1 Å². The second kappa shape index (κ2) is 6.58. The fourth-order valence-corrected chi connectivity index (χ4v) is 1.81. The second-order valence-electron chi connectivity index (χ2n) is 4.34. The number of benzene rings is 1. The number of hydrogen-bond acceptors (Lipinski definition) is 3. The lowest BCUT2D eigenvalue weighted by atomic mass is 10.1. The molecule has 0 amide bonds. The van der Waals surface area contributed by atoms with Crippen molar-refractivity contribution < 1.29 is 9.49 Å². The van der Waals surface area contributed by atoms with Crippen LogP contribution in [0.5, 0.6) is 0 Å². The zero-order valence-electron chi connectivity index (χ0n) is 11.0. The molecule has 5 heteroatoms. The molecule has 20 heavy (non-hydrogen) atoms. The Bertz CT molecular complexity index is 621. The minimum atomic E-state index is -0.393. The van der Waals surface area contributed by atoms with Gasteiger partial charge < -0.3 is 5.73 Å². The molecule has 2 aromatic rings. The normalized spacial score (nSPS) is 10.8. The monoisotopic (exact) mass is 270 g/mol. The van der Waals surface area contributed by atoms with E-state index in [9.17, 15) is 10.1 Å². The van der Waals surface area contributed by atoms with E-state index in [1.807, 2.05) is 47.3 Å². The molecular weight excluding hydrogens is 254 g/mol. The fourth-order valence-electron chi connectivity index (χ4n) is 1.81. The van der Waals surface area contributed by atoms with E-state index in [1.54, 1.807) is 12.1 Å². The molecule has 0 spiro atoms. The van der Waals surface area contributed by atoms with Crippen molar-refractivity contribution in [2.45, 2.75) is 6.54 Å². The number of non-ortho nitro benzene ring substituents is 1. The Balaban J connectivity index is 2.12. The molecule has 1 heterocycles. The van der Waals surface area contributed by atoms with Crippen molar-refractivity contribution >= 4 is 17.8 Å². The van der Waals surface area contributed by atoms with Crippen molar-refractivity contribution in [1.82, 2.24) is 0 Å². The molecule has 0 aliphatic carbocycles. The van der Waals surface area contributed by atoms with Gasteiger partial charge in [0.25, 0.3) is 5.69 Å². The van der Waals surface area contributed by atoms with Gasteiger partial charge >= 0.3 is 0 Å². The molecule has 1 aromatic heterocycles. The first-order chi connectivity index (χ1) is 9.69. The van der Waals surface area contributed by atoms with Crippen LogP contribution in [0.1, 0.15) is 11.1 Å². The Morgan fingerprint density at radius 1 is 1.15 bits per heavy atom. The number of hydrogen-bond donors (Lipinski definition) is 1. The predicted molar refractivity (Wildman–Crippen MR) is 77.7 cm³/mol. The van der Waals surface area contributed by atoms with Gasteiger partial charge in [0.05, 0.1) is 11.5 Å². The minimum absolute atomic E-state index is 0.0981. The fraction of sp³-hybridized carbons (Fsp3) is 0.133. The molecule has 0 saturated heterocycles. The average Bonchev–Trinajstić information content (AvgIpc) is 2.47. The highest BCUT2D eigenvalue weighted by molar-refractivity contribution is 5.70. The van der Waals surface area contributed by atoms with E-state index in [2.05, 4.69) is 0 Å². The summed E-state index contributed by atoms with van der Waals surface area (Å²) in [5.74, 6) is 0. The maximum Gasteiger partial charge on any atom is 0.270 e. The lowest BCUT2D eigenvalue weighted by Gasteiger charge is -1.96. The highest BCUT2D eigenvalue weighted by Gasteiger charge is 2.03. The summed E-state index contributed by atoms with van der Waals surface area (Å²) in [4.78, 5) is 10.3. The third-order valence-electron chi connectivity index (χ3n) is 2.85. The predicted octanol–water partition coefficient (Wildman–Crippen LogP) is 2.01. The summed E-state index contributed by atoms with van der Waals surface area (Å²) in [5, 5.41) is 10.7. The molecule has 1 aromatic carbocycles. The van der Waals surface area contributed by atoms with Crippen LogP contribution in [0.15, 0.2) is 48.8 Å². The summed E-state index contributed by atoms with van der Waals surface area (Å²) in [6, 6.07) is 10.5. The lowest BCUT2D eigenvalue weighted by Crippen LogP contribution is -2.36. The largest absolute Gasteiger partial charge is 0.325 e. The van der Waals surface area contributed by atoms with Crippen LogP contribution in [0.25, 0.3) is 12.2 Å². The number of nitrogens with two attached hydrogens (primary N) is 1. The van der Waals surface area contributed by atoms with Gasteiger partial charge in [0.15, 0.2) is 18.9 Å². The quantitative estimate of drug-likeness (QED) is 0.513. The molecular formula is C15H16N3O2+. The van der Waals surface area contributed by atoms with Crippen LogP contribution >= 0.6 is 0 Å². The van der Waals surface area contributed by atoms with Crippen LogP contribution in [0, 0.1) is 10.1 Å². The molecule has 0 aliphatic rings. The van der Waals surface area contributed by atoms with Crippen LogP contribution < -0.4 is 10.3 Å². The first kappa shape index (κ1) is 13.9. The lowest BCUT2D eigenvalue weighted by molar-refractivity contribution is -0.694. The summed E-state index contributed by atoms with van der Waals surface area (Å²) in [6.07, 6.45) is 7.70. The molecule has 102 valence electrons. The van der Waals surface area contributed by atoms with Crippen LogP contribution in [-0.2, 0) is 6.54 Å². The third kappa shape index (κ3) is 3.73. The summed E-state index contributed by atoms with van der Waals surface area (Å²) in [7, 11) is 0. The van der Waals surface area contributed by atoms with Gasteiger partial charge in [0, 0.05) is 24.3 Å². The smallest absolute Gasteiger partial charge is 0.270 e. The van der Waals surface area contributed by atoms with Crippen LogP contribution in [0.4, 0.5) is 5.69 Å². The molecule has 0 saturated carbocycles. The van der Waals surface area contributed by atoms with E-state index >= 15 is 0 Å². The molecule has 0 radical (unpaired) electrons. The Morgan fingerprint density at radius 3 is 2.50 bits per heavy atom. The van der Waals surface area contributed by atoms with Gasteiger partial charge in [0.1, 0.15) is 0 Å². The van der Waals surface area contributed by atoms with E-state index < -0.39 is 4.92 Å². The first-order valence-electron chi connectivity index (χ1n) is 6.31. The molecule has 2 N–H and O–H groups in total. The highest BCUT2D eigenvalue weighted by atomic mass is 16.6. The number of nitrogens with zero attached hydrogens (tertiary/aromatic N) is 2. The van der Waals surface area contributed by atoms with Gasteiger partial charge in [-0.2, -0.15) is 0 Å². The number of rotatable bonds is 5. The maximum atomic E-state index is 10.7. The Hall–Kier alpha value is -2.53. The number of nitro groups is 1. The zero-order valence-corrected chi connectivity index (χ0v) is 11.0. The summed E-state index contributed by atoms with van der Waals surface area (Å²) in [5.41, 5.74) is 7.42. The summed E-state index contributed by atoms with van der Waals surface area (Å²) >= 11 is 0. The number of pyridine rings is 1. The first-order valence-corrected chi connectivity index (χ1v) is 6.31. The van der Waals surface area contributed by atoms with Crippen LogP contribution in [0.2, 0.25) is 0 Å². The zero-order chi connectivity index (χ0) is 14.4. The van der Waals surface area contributed by atoms with Crippen molar-refractivity contribution in [2.75, 3.05) is 6.54 Å². The van der Waals surface area contributed by atoms with Gasteiger partial charge in [-0.1, -0.05) is 24.3 Å². The van der Waals surface area contributed by atoms with Gasteiger partial charge in [-0.15, -0.1) is 0 Å². The van der Waals surface area contributed by atoms with Crippen molar-refractivity contribution in [3.8, 4) is 0 Å². The van der Waals surface area contributed by atoms with E-state index in [4.69, 9.17) is 5.73 Å². The van der Waals surface area contributed by atoms with E-state index in [-0.39, 0.29) is 5.69 Å². The van der Waals surface area contributed by atoms with Gasteiger partial charge in [-0.25, -0.2) is 4.57 Å².